The van der Waals surface area contributed by atoms with E-state index in [1.165, 1.54) is 0 Å². The summed E-state index contributed by atoms with van der Waals surface area (Å²) in [6, 6.07) is 3.21. The lowest BCUT2D eigenvalue weighted by molar-refractivity contribution is -0.123. The van der Waals surface area contributed by atoms with Crippen LogP contribution in [-0.4, -0.2) is 31.2 Å². The van der Waals surface area contributed by atoms with Crippen LogP contribution in [-0.2, 0) is 9.53 Å². The van der Waals surface area contributed by atoms with Gasteiger partial charge in [-0.25, -0.2) is 8.78 Å². The van der Waals surface area contributed by atoms with Crippen LogP contribution in [0.2, 0.25) is 0 Å². The average Bonchev–Trinajstić information content (AvgIpc) is 2.45. The Morgan fingerprint density at radius 1 is 1.24 bits per heavy atom. The highest BCUT2D eigenvalue weighted by atomic mass is 19.1. The Morgan fingerprint density at radius 3 is 2.76 bits per heavy atom. The van der Waals surface area contributed by atoms with Gasteiger partial charge in [-0.3, -0.25) is 4.79 Å². The number of rotatable bonds is 2. The quantitative estimate of drug-likeness (QED) is 0.878. The number of morpholine rings is 1. The molecule has 1 saturated heterocycles. The van der Waals surface area contributed by atoms with Crippen molar-refractivity contribution in [3.05, 3.63) is 29.8 Å². The number of amides is 1. The molecule has 1 amide bonds. The van der Waals surface area contributed by atoms with Crippen LogP contribution in [0, 0.1) is 17.6 Å². The number of benzene rings is 1. The van der Waals surface area contributed by atoms with Gasteiger partial charge in [-0.15, -0.1) is 0 Å². The Kier molecular flexibility index (Phi) is 4.17. The summed E-state index contributed by atoms with van der Waals surface area (Å²) in [5.41, 5.74) is 0.160. The number of hydrogen-bond acceptors (Lipinski definition) is 3. The number of nitrogens with one attached hydrogen (secondary N) is 2. The second-order valence-corrected chi connectivity index (χ2v) is 5.63. The molecule has 0 radical (unpaired) electrons. The van der Waals surface area contributed by atoms with Gasteiger partial charge in [-0.1, -0.05) is 0 Å². The molecule has 2 N–H and O–H groups in total. The van der Waals surface area contributed by atoms with Crippen molar-refractivity contribution in [1.82, 2.24) is 5.32 Å². The molecule has 1 saturated carbocycles. The number of carbonyl (C=O) groups excluding carboxylic acids is 1. The van der Waals surface area contributed by atoms with Gasteiger partial charge >= 0.3 is 0 Å². The summed E-state index contributed by atoms with van der Waals surface area (Å²) < 4.78 is 31.9. The lowest BCUT2D eigenvalue weighted by Crippen LogP contribution is -2.52. The Hall–Kier alpha value is -1.53. The van der Waals surface area contributed by atoms with E-state index in [0.29, 0.717) is 13.0 Å². The summed E-state index contributed by atoms with van der Waals surface area (Å²) >= 11 is 0. The first kappa shape index (κ1) is 14.4. The Bertz CT molecular complexity index is 518. The molecule has 0 unspecified atom stereocenters. The van der Waals surface area contributed by atoms with Crippen LogP contribution in [0.15, 0.2) is 18.2 Å². The zero-order valence-electron chi connectivity index (χ0n) is 11.6. The normalized spacial score (nSPS) is 28.8. The third-order valence-corrected chi connectivity index (χ3v) is 4.13. The van der Waals surface area contributed by atoms with Crippen LogP contribution in [0.1, 0.15) is 19.3 Å². The fourth-order valence-corrected chi connectivity index (χ4v) is 3.12. The number of ether oxygens (including phenoxy) is 1. The molecule has 2 aliphatic rings. The van der Waals surface area contributed by atoms with Gasteiger partial charge in [0.25, 0.3) is 0 Å². The number of carbonyl (C=O) groups is 1. The van der Waals surface area contributed by atoms with Gasteiger partial charge in [0.1, 0.15) is 11.6 Å². The lowest BCUT2D eigenvalue weighted by atomic mass is 9.82. The van der Waals surface area contributed by atoms with Gasteiger partial charge in [0.15, 0.2) is 0 Å². The van der Waals surface area contributed by atoms with Crippen molar-refractivity contribution in [2.45, 2.75) is 31.4 Å². The number of fused-ring (bicyclic) bond motifs is 1. The van der Waals surface area contributed by atoms with Crippen molar-refractivity contribution < 1.29 is 18.3 Å². The molecule has 4 nitrogen and oxygen atoms in total. The van der Waals surface area contributed by atoms with Gasteiger partial charge in [0, 0.05) is 30.3 Å². The van der Waals surface area contributed by atoms with Gasteiger partial charge < -0.3 is 15.4 Å². The first-order valence-corrected chi connectivity index (χ1v) is 7.24. The zero-order valence-corrected chi connectivity index (χ0v) is 11.6. The highest BCUT2D eigenvalue weighted by Gasteiger charge is 2.35. The first-order valence-electron chi connectivity index (χ1n) is 7.24. The maximum Gasteiger partial charge on any atom is 0.227 e. The first-order chi connectivity index (χ1) is 10.1. The average molecular weight is 296 g/mol. The van der Waals surface area contributed by atoms with Crippen molar-refractivity contribution >= 4 is 11.6 Å². The van der Waals surface area contributed by atoms with Gasteiger partial charge in [0.2, 0.25) is 5.91 Å². The fraction of sp³-hybridized carbons (Fsp3) is 0.533. The predicted molar refractivity (Wildman–Crippen MR) is 73.9 cm³/mol. The molecular formula is C15H18F2N2O2. The molecule has 0 spiro atoms. The van der Waals surface area contributed by atoms with Crippen LogP contribution in [0.3, 0.4) is 0 Å². The summed E-state index contributed by atoms with van der Waals surface area (Å²) in [7, 11) is 0. The number of hydrogen-bond donors (Lipinski definition) is 2. The molecule has 2 fully saturated rings. The minimum Gasteiger partial charge on any atom is -0.375 e. The van der Waals surface area contributed by atoms with Crippen molar-refractivity contribution in [3.8, 4) is 0 Å². The predicted octanol–water partition coefficient (Wildman–Crippen LogP) is 2.06. The van der Waals surface area contributed by atoms with E-state index < -0.39 is 11.6 Å². The van der Waals surface area contributed by atoms with Crippen LogP contribution in [0.25, 0.3) is 0 Å². The smallest absolute Gasteiger partial charge is 0.227 e. The van der Waals surface area contributed by atoms with Crippen LogP contribution < -0.4 is 10.6 Å². The van der Waals surface area contributed by atoms with Crippen LogP contribution in [0.4, 0.5) is 14.5 Å². The molecule has 1 aromatic carbocycles. The van der Waals surface area contributed by atoms with Gasteiger partial charge in [-0.2, -0.15) is 0 Å². The van der Waals surface area contributed by atoms with Gasteiger partial charge in [-0.05, 0) is 31.4 Å². The second kappa shape index (κ2) is 6.07. The molecule has 6 heteroatoms. The van der Waals surface area contributed by atoms with Crippen molar-refractivity contribution in [1.29, 1.82) is 0 Å². The molecule has 0 aromatic heterocycles. The third-order valence-electron chi connectivity index (χ3n) is 4.13. The largest absolute Gasteiger partial charge is 0.375 e. The summed E-state index contributed by atoms with van der Waals surface area (Å²) in [6.07, 6.45) is 2.42. The summed E-state index contributed by atoms with van der Waals surface area (Å²) in [5, 5.41) is 5.96. The van der Waals surface area contributed by atoms with E-state index >= 15 is 0 Å². The van der Waals surface area contributed by atoms with Crippen LogP contribution >= 0.6 is 0 Å². The van der Waals surface area contributed by atoms with E-state index in [2.05, 4.69) is 10.6 Å². The number of anilines is 1. The maximum atomic E-state index is 13.1. The Morgan fingerprint density at radius 2 is 2.00 bits per heavy atom. The van der Waals surface area contributed by atoms with Gasteiger partial charge in [0.05, 0.1) is 12.7 Å². The minimum atomic E-state index is -0.698. The second-order valence-electron chi connectivity index (χ2n) is 5.63. The molecule has 0 bridgehead atoms. The zero-order chi connectivity index (χ0) is 14.8. The van der Waals surface area contributed by atoms with E-state index in [1.807, 2.05) is 0 Å². The molecule has 3 atom stereocenters. The summed E-state index contributed by atoms with van der Waals surface area (Å²) in [6.45, 7) is 1.51. The van der Waals surface area contributed by atoms with E-state index in [-0.39, 0.29) is 29.7 Å². The number of halogens is 2. The molecule has 114 valence electrons. The Balaban J connectivity index is 1.62. The molecule has 3 rings (SSSR count). The van der Waals surface area contributed by atoms with E-state index in [0.717, 1.165) is 37.6 Å². The lowest BCUT2D eigenvalue weighted by Gasteiger charge is -2.39. The van der Waals surface area contributed by atoms with E-state index in [1.54, 1.807) is 0 Å². The molecular weight excluding hydrogens is 278 g/mol. The molecule has 1 aliphatic carbocycles. The monoisotopic (exact) mass is 296 g/mol. The maximum absolute atomic E-state index is 13.1. The molecule has 1 heterocycles. The minimum absolute atomic E-state index is 0.160. The van der Waals surface area contributed by atoms with Crippen molar-refractivity contribution in [2.24, 2.45) is 5.92 Å². The van der Waals surface area contributed by atoms with Crippen LogP contribution in [0.5, 0.6) is 0 Å². The van der Waals surface area contributed by atoms with E-state index in [4.69, 9.17) is 4.74 Å². The molecule has 1 aromatic rings. The summed E-state index contributed by atoms with van der Waals surface area (Å²) in [4.78, 5) is 12.2. The fourth-order valence-electron chi connectivity index (χ4n) is 3.12. The highest BCUT2D eigenvalue weighted by molar-refractivity contribution is 5.92. The summed E-state index contributed by atoms with van der Waals surface area (Å²) in [5.74, 6) is -1.75. The molecule has 1 aliphatic heterocycles. The van der Waals surface area contributed by atoms with E-state index in [9.17, 15) is 13.6 Å². The highest BCUT2D eigenvalue weighted by Crippen LogP contribution is 2.29. The molecule has 21 heavy (non-hydrogen) atoms. The van der Waals surface area contributed by atoms with Crippen molar-refractivity contribution in [2.75, 3.05) is 18.5 Å². The van der Waals surface area contributed by atoms with Crippen molar-refractivity contribution in [3.63, 3.8) is 0 Å². The SMILES string of the molecule is O=C(Nc1cc(F)cc(F)c1)[C@H]1CC[C@H]2OCCN[C@@H]2C1. The topological polar surface area (TPSA) is 50.4 Å². The standard InChI is InChI=1S/C15H18F2N2O2/c16-10-6-11(17)8-12(7-10)19-15(20)9-1-2-14-13(5-9)18-3-4-21-14/h6-9,13-14,18H,1-5H2,(H,19,20)/t9-,13+,14+/m0/s1. The Labute approximate surface area is 121 Å². The third kappa shape index (κ3) is 3.39.